The first kappa shape index (κ1) is 19.3. The highest BCUT2D eigenvalue weighted by Crippen LogP contribution is 2.22. The fourth-order valence-electron chi connectivity index (χ4n) is 3.95. The Morgan fingerprint density at radius 3 is 2.50 bits per heavy atom. The van der Waals surface area contributed by atoms with Gasteiger partial charge in [0.15, 0.2) is 0 Å². The zero-order valence-corrected chi connectivity index (χ0v) is 16.3. The summed E-state index contributed by atoms with van der Waals surface area (Å²) in [5, 5.41) is 0. The van der Waals surface area contributed by atoms with Crippen molar-refractivity contribution in [2.45, 2.75) is 38.3 Å². The Kier molecular flexibility index (Phi) is 6.32. The minimum Gasteiger partial charge on any atom is -0.340 e. The van der Waals surface area contributed by atoms with Gasteiger partial charge in [-0.1, -0.05) is 36.8 Å². The number of hydrogen-bond acceptors (Lipinski definition) is 4. The van der Waals surface area contributed by atoms with Crippen LogP contribution in [0.15, 0.2) is 30.3 Å². The number of rotatable bonds is 4. The van der Waals surface area contributed by atoms with Crippen LogP contribution in [0.25, 0.3) is 0 Å². The molecule has 0 aromatic heterocycles. The van der Waals surface area contributed by atoms with Crippen LogP contribution in [0.4, 0.5) is 0 Å². The van der Waals surface area contributed by atoms with Crippen LogP contribution >= 0.6 is 0 Å². The third-order valence-corrected chi connectivity index (χ3v) is 6.60. The fourth-order valence-corrected chi connectivity index (χ4v) is 5.07. The first-order valence-electron chi connectivity index (χ1n) is 9.47. The minimum atomic E-state index is -3.34. The number of carbonyl (C=O) groups is 1. The van der Waals surface area contributed by atoms with Crippen LogP contribution in [0.1, 0.15) is 31.2 Å². The lowest BCUT2D eigenvalue weighted by Gasteiger charge is -2.35. The Bertz CT molecular complexity index is 708. The molecule has 1 atom stereocenters. The monoisotopic (exact) mass is 379 g/mol. The number of amides is 1. The van der Waals surface area contributed by atoms with Gasteiger partial charge in [0.2, 0.25) is 15.9 Å². The Morgan fingerprint density at radius 1 is 1.00 bits per heavy atom. The van der Waals surface area contributed by atoms with E-state index in [0.717, 1.165) is 38.9 Å². The van der Waals surface area contributed by atoms with Crippen molar-refractivity contribution < 1.29 is 13.2 Å². The molecular formula is C19H29N3O3S. The van der Waals surface area contributed by atoms with E-state index < -0.39 is 16.1 Å². The predicted octanol–water partition coefficient (Wildman–Crippen LogP) is 1.53. The summed E-state index contributed by atoms with van der Waals surface area (Å²) in [6.45, 7) is 4.51. The molecule has 7 heteroatoms. The van der Waals surface area contributed by atoms with E-state index in [-0.39, 0.29) is 5.91 Å². The van der Waals surface area contributed by atoms with Crippen LogP contribution in [-0.2, 0) is 21.4 Å². The number of piperidine rings is 1. The van der Waals surface area contributed by atoms with Crippen molar-refractivity contribution in [2.75, 3.05) is 39.0 Å². The van der Waals surface area contributed by atoms with E-state index in [1.807, 2.05) is 23.1 Å². The van der Waals surface area contributed by atoms with Crippen molar-refractivity contribution in [3.05, 3.63) is 35.9 Å². The molecule has 0 radical (unpaired) electrons. The van der Waals surface area contributed by atoms with Gasteiger partial charge in [-0.05, 0) is 24.8 Å². The van der Waals surface area contributed by atoms with E-state index in [2.05, 4.69) is 17.0 Å². The standard InChI is InChI=1S/C19H29N3O3S/c1-26(24,25)22-13-6-5-10-18(22)19(23)21-12-7-11-20(14-15-21)16-17-8-3-2-4-9-17/h2-4,8-9,18H,5-7,10-16H2,1H3. The molecule has 2 aliphatic rings. The summed E-state index contributed by atoms with van der Waals surface area (Å²) in [5.41, 5.74) is 1.28. The van der Waals surface area contributed by atoms with Gasteiger partial charge in [0.1, 0.15) is 6.04 Å². The quantitative estimate of drug-likeness (QED) is 0.796. The lowest BCUT2D eigenvalue weighted by Crippen LogP contribution is -2.53. The largest absolute Gasteiger partial charge is 0.340 e. The summed E-state index contributed by atoms with van der Waals surface area (Å²) in [7, 11) is -3.34. The fraction of sp³-hybridized carbons (Fsp3) is 0.632. The first-order valence-corrected chi connectivity index (χ1v) is 11.3. The Hall–Kier alpha value is -1.44. The highest BCUT2D eigenvalue weighted by Gasteiger charge is 2.37. The van der Waals surface area contributed by atoms with Gasteiger partial charge in [0, 0.05) is 39.3 Å². The third-order valence-electron chi connectivity index (χ3n) is 5.31. The maximum absolute atomic E-state index is 13.0. The Labute approximate surface area is 156 Å². The normalized spacial score (nSPS) is 23.6. The van der Waals surface area contributed by atoms with Crippen molar-refractivity contribution in [3.8, 4) is 0 Å². The van der Waals surface area contributed by atoms with Gasteiger partial charge < -0.3 is 4.90 Å². The van der Waals surface area contributed by atoms with Crippen LogP contribution < -0.4 is 0 Å². The molecule has 0 aliphatic carbocycles. The average molecular weight is 380 g/mol. The van der Waals surface area contributed by atoms with Crippen LogP contribution in [0, 0.1) is 0 Å². The molecule has 2 saturated heterocycles. The molecule has 1 aromatic carbocycles. The van der Waals surface area contributed by atoms with Crippen molar-refractivity contribution in [2.24, 2.45) is 0 Å². The summed E-state index contributed by atoms with van der Waals surface area (Å²) in [6.07, 6.45) is 4.51. The summed E-state index contributed by atoms with van der Waals surface area (Å²) in [4.78, 5) is 17.3. The zero-order chi connectivity index (χ0) is 18.6. The van der Waals surface area contributed by atoms with Gasteiger partial charge in [-0.3, -0.25) is 9.69 Å². The summed E-state index contributed by atoms with van der Waals surface area (Å²) < 4.78 is 25.5. The van der Waals surface area contributed by atoms with Crippen LogP contribution in [0.3, 0.4) is 0 Å². The maximum atomic E-state index is 13.0. The van der Waals surface area contributed by atoms with Crippen molar-refractivity contribution in [3.63, 3.8) is 0 Å². The van der Waals surface area contributed by atoms with Gasteiger partial charge in [0.25, 0.3) is 0 Å². The molecule has 0 saturated carbocycles. The highest BCUT2D eigenvalue weighted by molar-refractivity contribution is 7.88. The van der Waals surface area contributed by atoms with Gasteiger partial charge in [-0.15, -0.1) is 0 Å². The number of hydrogen-bond donors (Lipinski definition) is 0. The van der Waals surface area contributed by atoms with E-state index in [4.69, 9.17) is 0 Å². The molecule has 0 N–H and O–H groups in total. The van der Waals surface area contributed by atoms with Gasteiger partial charge in [0.05, 0.1) is 6.26 Å². The van der Waals surface area contributed by atoms with Gasteiger partial charge in [-0.2, -0.15) is 4.31 Å². The van der Waals surface area contributed by atoms with E-state index in [0.29, 0.717) is 26.1 Å². The van der Waals surface area contributed by atoms with E-state index in [1.165, 1.54) is 16.1 Å². The summed E-state index contributed by atoms with van der Waals surface area (Å²) >= 11 is 0. The SMILES string of the molecule is CS(=O)(=O)N1CCCCC1C(=O)N1CCCN(Cc2ccccc2)CC1. The van der Waals surface area contributed by atoms with Crippen LogP contribution in [0.5, 0.6) is 0 Å². The molecule has 144 valence electrons. The van der Waals surface area contributed by atoms with E-state index in [1.54, 1.807) is 0 Å². The smallest absolute Gasteiger partial charge is 0.241 e. The van der Waals surface area contributed by atoms with Crippen LogP contribution in [-0.4, -0.2) is 73.5 Å². The van der Waals surface area contributed by atoms with Gasteiger partial charge >= 0.3 is 0 Å². The number of nitrogens with zero attached hydrogens (tertiary/aromatic N) is 3. The lowest BCUT2D eigenvalue weighted by atomic mass is 10.0. The second kappa shape index (κ2) is 8.50. The average Bonchev–Trinajstić information content (AvgIpc) is 2.87. The molecule has 2 heterocycles. The molecule has 26 heavy (non-hydrogen) atoms. The van der Waals surface area contributed by atoms with Gasteiger partial charge in [-0.25, -0.2) is 8.42 Å². The molecule has 0 bridgehead atoms. The van der Waals surface area contributed by atoms with E-state index >= 15 is 0 Å². The van der Waals surface area contributed by atoms with Crippen molar-refractivity contribution in [1.82, 2.24) is 14.1 Å². The Morgan fingerprint density at radius 2 is 1.77 bits per heavy atom. The minimum absolute atomic E-state index is 0.0170. The molecule has 3 rings (SSSR count). The molecule has 1 amide bonds. The zero-order valence-electron chi connectivity index (χ0n) is 15.5. The number of sulfonamides is 1. The molecule has 2 aliphatic heterocycles. The third kappa shape index (κ3) is 4.84. The summed E-state index contributed by atoms with van der Waals surface area (Å²) in [6, 6.07) is 9.85. The van der Waals surface area contributed by atoms with E-state index in [9.17, 15) is 13.2 Å². The lowest BCUT2D eigenvalue weighted by molar-refractivity contribution is -0.136. The van der Waals surface area contributed by atoms with Crippen LogP contribution in [0.2, 0.25) is 0 Å². The Balaban J connectivity index is 1.62. The second-order valence-corrected chi connectivity index (χ2v) is 9.26. The number of benzene rings is 1. The summed E-state index contributed by atoms with van der Waals surface area (Å²) in [5.74, 6) is -0.0170. The van der Waals surface area contributed by atoms with Crippen molar-refractivity contribution >= 4 is 15.9 Å². The first-order chi connectivity index (χ1) is 12.4. The molecule has 0 spiro atoms. The molecule has 2 fully saturated rings. The topological polar surface area (TPSA) is 60.9 Å². The predicted molar refractivity (Wildman–Crippen MR) is 102 cm³/mol. The molecule has 1 unspecified atom stereocenters. The van der Waals surface area contributed by atoms with Crippen molar-refractivity contribution in [1.29, 1.82) is 0 Å². The highest BCUT2D eigenvalue weighted by atomic mass is 32.2. The molecule has 6 nitrogen and oxygen atoms in total. The molecular weight excluding hydrogens is 350 g/mol. The maximum Gasteiger partial charge on any atom is 0.241 e. The molecule has 1 aromatic rings. The number of carbonyl (C=O) groups excluding carboxylic acids is 1. The second-order valence-electron chi connectivity index (χ2n) is 7.33.